The zero-order valence-corrected chi connectivity index (χ0v) is 15.3. The number of halogens is 4. The van der Waals surface area contributed by atoms with Crippen LogP contribution in [0.15, 0.2) is 42.6 Å². The van der Waals surface area contributed by atoms with Crippen LogP contribution in [-0.4, -0.2) is 33.4 Å². The van der Waals surface area contributed by atoms with Gasteiger partial charge in [0.05, 0.1) is 17.2 Å². The molecule has 2 heterocycles. The Bertz CT molecular complexity index is 971. The highest BCUT2D eigenvalue weighted by Crippen LogP contribution is 2.35. The number of rotatable bonds is 8. The molecule has 0 fully saturated rings. The largest absolute Gasteiger partial charge is 0.435 e. The fourth-order valence-corrected chi connectivity index (χ4v) is 3.28. The van der Waals surface area contributed by atoms with Crippen LogP contribution in [0, 0.1) is 0 Å². The summed E-state index contributed by atoms with van der Waals surface area (Å²) in [5.74, 6) is -0.492. The zero-order valence-electron chi connectivity index (χ0n) is 14.5. The topological polar surface area (TPSA) is 84.7 Å². The molecule has 0 aliphatic carbocycles. The molecule has 1 aromatic carbocycles. The summed E-state index contributed by atoms with van der Waals surface area (Å²) in [5.41, 5.74) is 0.177. The van der Waals surface area contributed by atoms with Crippen molar-refractivity contribution in [3.8, 4) is 22.8 Å². The van der Waals surface area contributed by atoms with E-state index in [-0.39, 0.29) is 35.1 Å². The van der Waals surface area contributed by atoms with Gasteiger partial charge in [-0.05, 0) is 24.3 Å². The van der Waals surface area contributed by atoms with Crippen LogP contribution in [0.3, 0.4) is 0 Å². The van der Waals surface area contributed by atoms with Gasteiger partial charge in [-0.1, -0.05) is 12.1 Å². The van der Waals surface area contributed by atoms with E-state index in [1.807, 2.05) is 0 Å². The summed E-state index contributed by atoms with van der Waals surface area (Å²) in [4.78, 5) is 8.50. The SMILES string of the molecule is OCc1ncc([C@H](O)c2ccc(OC(F)F)c(-c3cccc(OC(F)F)c3)n2)s1. The van der Waals surface area contributed by atoms with E-state index in [9.17, 15) is 22.7 Å². The molecule has 0 amide bonds. The molecule has 0 spiro atoms. The molecular formula is C18H14F4N2O4S. The van der Waals surface area contributed by atoms with Crippen molar-refractivity contribution in [2.24, 2.45) is 0 Å². The third-order valence-corrected chi connectivity index (χ3v) is 4.72. The highest BCUT2D eigenvalue weighted by atomic mass is 32.1. The molecule has 0 saturated carbocycles. The van der Waals surface area contributed by atoms with Crippen molar-refractivity contribution in [1.29, 1.82) is 0 Å². The minimum atomic E-state index is -3.14. The monoisotopic (exact) mass is 430 g/mol. The van der Waals surface area contributed by atoms with Crippen molar-refractivity contribution in [1.82, 2.24) is 9.97 Å². The second-order valence-electron chi connectivity index (χ2n) is 5.58. The van der Waals surface area contributed by atoms with E-state index in [1.165, 1.54) is 42.6 Å². The van der Waals surface area contributed by atoms with Gasteiger partial charge in [-0.25, -0.2) is 9.97 Å². The predicted molar refractivity (Wildman–Crippen MR) is 95.0 cm³/mol. The molecule has 0 unspecified atom stereocenters. The van der Waals surface area contributed by atoms with Crippen molar-refractivity contribution in [3.05, 3.63) is 58.2 Å². The lowest BCUT2D eigenvalue weighted by Crippen LogP contribution is -2.07. The minimum Gasteiger partial charge on any atom is -0.435 e. The molecular weight excluding hydrogens is 416 g/mol. The van der Waals surface area contributed by atoms with E-state index >= 15 is 0 Å². The summed E-state index contributed by atoms with van der Waals surface area (Å²) >= 11 is 1.06. The molecule has 2 aromatic heterocycles. The number of benzene rings is 1. The number of hydrogen-bond acceptors (Lipinski definition) is 7. The maximum Gasteiger partial charge on any atom is 0.387 e. The van der Waals surface area contributed by atoms with Gasteiger partial charge in [0, 0.05) is 11.8 Å². The number of aliphatic hydroxyl groups excluding tert-OH is 2. The second-order valence-corrected chi connectivity index (χ2v) is 6.73. The average Bonchev–Trinajstić information content (AvgIpc) is 3.16. The highest BCUT2D eigenvalue weighted by Gasteiger charge is 2.20. The van der Waals surface area contributed by atoms with Crippen LogP contribution in [0.25, 0.3) is 11.3 Å². The number of thiazole rings is 1. The lowest BCUT2D eigenvalue weighted by Gasteiger charge is -2.15. The van der Waals surface area contributed by atoms with Gasteiger partial charge >= 0.3 is 13.2 Å². The van der Waals surface area contributed by atoms with E-state index in [2.05, 4.69) is 19.4 Å². The Labute approximate surface area is 166 Å². The van der Waals surface area contributed by atoms with Crippen LogP contribution in [-0.2, 0) is 6.61 Å². The van der Waals surface area contributed by atoms with Crippen LogP contribution >= 0.6 is 11.3 Å². The average molecular weight is 430 g/mol. The molecule has 6 nitrogen and oxygen atoms in total. The van der Waals surface area contributed by atoms with Crippen molar-refractivity contribution in [2.45, 2.75) is 25.9 Å². The molecule has 0 bridgehead atoms. The molecule has 3 aromatic rings. The van der Waals surface area contributed by atoms with Crippen LogP contribution in [0.1, 0.15) is 21.7 Å². The Hall–Kier alpha value is -2.76. The molecule has 0 radical (unpaired) electrons. The number of aromatic nitrogens is 2. The Kier molecular flexibility index (Phi) is 6.62. The molecule has 3 rings (SSSR count). The zero-order chi connectivity index (χ0) is 21.0. The lowest BCUT2D eigenvalue weighted by atomic mass is 10.1. The first-order valence-corrected chi connectivity index (χ1v) is 8.93. The molecule has 0 aliphatic rings. The van der Waals surface area contributed by atoms with Crippen molar-refractivity contribution >= 4 is 11.3 Å². The van der Waals surface area contributed by atoms with Crippen molar-refractivity contribution in [3.63, 3.8) is 0 Å². The van der Waals surface area contributed by atoms with Crippen LogP contribution in [0.4, 0.5) is 17.6 Å². The van der Waals surface area contributed by atoms with Gasteiger partial charge in [0.2, 0.25) is 0 Å². The fourth-order valence-electron chi connectivity index (χ4n) is 2.50. The number of ether oxygens (including phenoxy) is 2. The molecule has 1 atom stereocenters. The first-order valence-electron chi connectivity index (χ1n) is 8.12. The number of nitrogens with zero attached hydrogens (tertiary/aromatic N) is 2. The van der Waals surface area contributed by atoms with E-state index in [4.69, 9.17) is 5.11 Å². The second kappa shape index (κ2) is 9.16. The number of pyridine rings is 1. The van der Waals surface area contributed by atoms with Crippen LogP contribution < -0.4 is 9.47 Å². The molecule has 0 aliphatic heterocycles. The van der Waals surface area contributed by atoms with Crippen molar-refractivity contribution < 1.29 is 37.2 Å². The molecule has 29 heavy (non-hydrogen) atoms. The number of aliphatic hydroxyl groups is 2. The lowest BCUT2D eigenvalue weighted by molar-refractivity contribution is -0.0500. The Morgan fingerprint density at radius 3 is 2.45 bits per heavy atom. The third kappa shape index (κ3) is 5.19. The van der Waals surface area contributed by atoms with Gasteiger partial charge in [-0.3, -0.25) is 0 Å². The molecule has 11 heteroatoms. The molecule has 154 valence electrons. The van der Waals surface area contributed by atoms with Crippen molar-refractivity contribution in [2.75, 3.05) is 0 Å². The van der Waals surface area contributed by atoms with Gasteiger partial charge in [0.25, 0.3) is 0 Å². The van der Waals surface area contributed by atoms with E-state index in [1.54, 1.807) is 0 Å². The van der Waals surface area contributed by atoms with Crippen LogP contribution in [0.5, 0.6) is 11.5 Å². The Morgan fingerprint density at radius 2 is 1.79 bits per heavy atom. The van der Waals surface area contributed by atoms with Gasteiger partial charge in [-0.2, -0.15) is 17.6 Å². The summed E-state index contributed by atoms with van der Waals surface area (Å²) in [7, 11) is 0. The molecule has 0 saturated heterocycles. The van der Waals surface area contributed by atoms with E-state index < -0.39 is 19.3 Å². The number of alkyl halides is 4. The summed E-state index contributed by atoms with van der Waals surface area (Å²) in [6.07, 6.45) is 0.121. The van der Waals surface area contributed by atoms with Crippen LogP contribution in [0.2, 0.25) is 0 Å². The first kappa shape index (κ1) is 21.0. The highest BCUT2D eigenvalue weighted by molar-refractivity contribution is 7.11. The number of hydrogen-bond donors (Lipinski definition) is 2. The van der Waals surface area contributed by atoms with Gasteiger partial charge < -0.3 is 19.7 Å². The normalized spacial score (nSPS) is 12.4. The predicted octanol–water partition coefficient (Wildman–Crippen LogP) is 3.98. The van der Waals surface area contributed by atoms with Gasteiger partial charge in [-0.15, -0.1) is 11.3 Å². The Balaban J connectivity index is 2.02. The summed E-state index contributed by atoms with van der Waals surface area (Å²) in [5, 5.41) is 20.0. The maximum absolute atomic E-state index is 12.8. The Morgan fingerprint density at radius 1 is 1.03 bits per heavy atom. The summed E-state index contributed by atoms with van der Waals surface area (Å²) in [6, 6.07) is 7.80. The standard InChI is InChI=1S/C18H14F4N2O4S/c19-17(20)27-10-3-1-2-9(6-10)15-12(28-18(21)22)5-4-11(24-15)16(26)13-7-23-14(8-25)29-13/h1-7,16-18,25-26H,8H2/t16-/m1/s1. The van der Waals surface area contributed by atoms with E-state index in [0.717, 1.165) is 11.3 Å². The fraction of sp³-hybridized carbons (Fsp3) is 0.222. The first-order chi connectivity index (χ1) is 13.9. The third-order valence-electron chi connectivity index (χ3n) is 3.68. The quantitative estimate of drug-likeness (QED) is 0.526. The van der Waals surface area contributed by atoms with Gasteiger partial charge in [0.1, 0.15) is 22.6 Å². The minimum absolute atomic E-state index is 0.0894. The summed E-state index contributed by atoms with van der Waals surface area (Å²) in [6.45, 7) is -6.50. The smallest absolute Gasteiger partial charge is 0.387 e. The van der Waals surface area contributed by atoms with E-state index in [0.29, 0.717) is 9.88 Å². The summed E-state index contributed by atoms with van der Waals surface area (Å²) < 4.78 is 59.3. The van der Waals surface area contributed by atoms with Gasteiger partial charge in [0.15, 0.2) is 5.75 Å². The molecule has 2 N–H and O–H groups in total. The maximum atomic E-state index is 12.8.